The van der Waals surface area contributed by atoms with Gasteiger partial charge in [0.25, 0.3) is 0 Å². The number of carboxylic acids is 1. The minimum Gasteiger partial charge on any atom is -0.480 e. The Balaban J connectivity index is 4.50. The summed E-state index contributed by atoms with van der Waals surface area (Å²) in [6, 6.07) is 0. The maximum atomic E-state index is 12.3. The van der Waals surface area contributed by atoms with Crippen LogP contribution in [0.5, 0.6) is 0 Å². The summed E-state index contributed by atoms with van der Waals surface area (Å²) in [6.45, 7) is 0. The fourth-order valence-electron chi connectivity index (χ4n) is 0.865. The first kappa shape index (κ1) is 13.6. The van der Waals surface area contributed by atoms with E-state index in [4.69, 9.17) is 10.8 Å². The van der Waals surface area contributed by atoms with Crippen molar-refractivity contribution in [1.29, 1.82) is 0 Å². The van der Waals surface area contributed by atoms with Crippen LogP contribution < -0.4 is 5.73 Å². The van der Waals surface area contributed by atoms with Crippen LogP contribution in [0.1, 0.15) is 12.8 Å². The van der Waals surface area contributed by atoms with E-state index in [9.17, 15) is 18.0 Å². The third-order valence-electron chi connectivity index (χ3n) is 1.81. The summed E-state index contributed by atoms with van der Waals surface area (Å²) in [5.74, 6) is -1.56. The number of alkyl halides is 3. The van der Waals surface area contributed by atoms with Crippen molar-refractivity contribution < 1.29 is 23.1 Å². The van der Waals surface area contributed by atoms with Gasteiger partial charge in [0.15, 0.2) is 0 Å². The molecular weight excluding hydrogens is 219 g/mol. The van der Waals surface area contributed by atoms with Crippen molar-refractivity contribution in [2.45, 2.75) is 24.6 Å². The van der Waals surface area contributed by atoms with E-state index in [1.807, 2.05) is 0 Å². The van der Waals surface area contributed by atoms with Crippen LogP contribution in [-0.4, -0.2) is 34.8 Å². The third kappa shape index (κ3) is 3.06. The van der Waals surface area contributed by atoms with Gasteiger partial charge < -0.3 is 10.8 Å². The highest BCUT2D eigenvalue weighted by Gasteiger charge is 2.57. The van der Waals surface area contributed by atoms with Crippen LogP contribution in [0.4, 0.5) is 13.2 Å². The van der Waals surface area contributed by atoms with Gasteiger partial charge in [0.1, 0.15) is 0 Å². The van der Waals surface area contributed by atoms with Gasteiger partial charge >= 0.3 is 12.1 Å². The lowest BCUT2D eigenvalue weighted by molar-refractivity contribution is -0.203. The van der Waals surface area contributed by atoms with Gasteiger partial charge in [-0.2, -0.15) is 24.9 Å². The molecule has 84 valence electrons. The molecule has 0 aromatic heterocycles. The van der Waals surface area contributed by atoms with Gasteiger partial charge in [-0.3, -0.25) is 0 Å². The zero-order chi connectivity index (χ0) is 11.4. The fraction of sp³-hybridized carbons (Fsp3) is 0.857. The first-order chi connectivity index (χ1) is 6.25. The monoisotopic (exact) mass is 231 g/mol. The molecule has 0 saturated carbocycles. The van der Waals surface area contributed by atoms with Gasteiger partial charge in [0, 0.05) is 0 Å². The van der Waals surface area contributed by atoms with Gasteiger partial charge in [-0.05, 0) is 24.9 Å². The number of carboxylic acid groups (broad SMARTS) is 1. The molecule has 0 aliphatic rings. The molecule has 0 radical (unpaired) electrons. The maximum absolute atomic E-state index is 12.3. The van der Waals surface area contributed by atoms with Crippen molar-refractivity contribution in [2.24, 2.45) is 5.73 Å². The molecule has 0 aliphatic carbocycles. The molecule has 0 rings (SSSR count). The highest BCUT2D eigenvalue weighted by atomic mass is 32.2. The minimum absolute atomic E-state index is 0.128. The van der Waals surface area contributed by atoms with E-state index < -0.39 is 24.1 Å². The number of carbonyl (C=O) groups is 1. The summed E-state index contributed by atoms with van der Waals surface area (Å²) < 4.78 is 36.8. The van der Waals surface area contributed by atoms with Crippen molar-refractivity contribution in [3.8, 4) is 0 Å². The Bertz CT molecular complexity index is 210. The van der Waals surface area contributed by atoms with Crippen molar-refractivity contribution in [3.05, 3.63) is 0 Å². The number of aliphatic carboxylic acids is 1. The standard InChI is InChI=1S/C7H12F3NO2S/c1-14-4-2-3-6(11,5(12)13)7(8,9)10/h2-4,11H2,1H3,(H,12,13). The Labute approximate surface area is 83.8 Å². The second kappa shape index (κ2) is 4.88. The van der Waals surface area contributed by atoms with Gasteiger partial charge in [-0.1, -0.05) is 0 Å². The van der Waals surface area contributed by atoms with Gasteiger partial charge in [0.05, 0.1) is 0 Å². The molecule has 0 bridgehead atoms. The second-order valence-electron chi connectivity index (χ2n) is 2.87. The average molecular weight is 231 g/mol. The zero-order valence-corrected chi connectivity index (χ0v) is 8.41. The highest BCUT2D eigenvalue weighted by molar-refractivity contribution is 7.98. The first-order valence-electron chi connectivity index (χ1n) is 3.83. The molecule has 1 unspecified atom stereocenters. The molecule has 7 heteroatoms. The lowest BCUT2D eigenvalue weighted by atomic mass is 9.94. The summed E-state index contributed by atoms with van der Waals surface area (Å²) in [4.78, 5) is 10.4. The highest BCUT2D eigenvalue weighted by Crippen LogP contribution is 2.32. The molecule has 1 atom stereocenters. The number of rotatable bonds is 5. The predicted octanol–water partition coefficient (Wildman–Crippen LogP) is 1.47. The number of hydrogen-bond acceptors (Lipinski definition) is 3. The maximum Gasteiger partial charge on any atom is 0.417 e. The van der Waals surface area contributed by atoms with Crippen LogP contribution in [0, 0.1) is 0 Å². The van der Waals surface area contributed by atoms with E-state index in [2.05, 4.69) is 0 Å². The number of hydrogen-bond donors (Lipinski definition) is 2. The van der Waals surface area contributed by atoms with Crippen LogP contribution >= 0.6 is 11.8 Å². The Hall–Kier alpha value is -0.430. The van der Waals surface area contributed by atoms with Gasteiger partial charge in [0.2, 0.25) is 5.54 Å². The van der Waals surface area contributed by atoms with E-state index >= 15 is 0 Å². The Kier molecular flexibility index (Phi) is 4.73. The fourth-order valence-corrected chi connectivity index (χ4v) is 1.30. The number of halogens is 3. The summed E-state index contributed by atoms with van der Waals surface area (Å²) in [5, 5.41) is 8.42. The Morgan fingerprint density at radius 1 is 1.50 bits per heavy atom. The molecule has 0 spiro atoms. The molecule has 3 N–H and O–H groups in total. The third-order valence-corrected chi connectivity index (χ3v) is 2.50. The minimum atomic E-state index is -4.91. The van der Waals surface area contributed by atoms with Crippen LogP contribution in [0.25, 0.3) is 0 Å². The first-order valence-corrected chi connectivity index (χ1v) is 5.23. The average Bonchev–Trinajstić information content (AvgIpc) is 2.02. The molecule has 0 amide bonds. The molecule has 0 fully saturated rings. The molecule has 0 aromatic carbocycles. The van der Waals surface area contributed by atoms with E-state index in [1.165, 1.54) is 11.8 Å². The quantitative estimate of drug-likeness (QED) is 0.703. The zero-order valence-electron chi connectivity index (χ0n) is 7.60. The number of thioether (sulfide) groups is 1. The lowest BCUT2D eigenvalue weighted by Gasteiger charge is -2.27. The normalized spacial score (nSPS) is 16.4. The van der Waals surface area contributed by atoms with E-state index in [-0.39, 0.29) is 6.42 Å². The van der Waals surface area contributed by atoms with Crippen molar-refractivity contribution in [3.63, 3.8) is 0 Å². The summed E-state index contributed by atoms with van der Waals surface area (Å²) >= 11 is 1.35. The van der Waals surface area contributed by atoms with E-state index in [0.29, 0.717) is 5.75 Å². The van der Waals surface area contributed by atoms with Crippen molar-refractivity contribution >= 4 is 17.7 Å². The Morgan fingerprint density at radius 3 is 2.29 bits per heavy atom. The van der Waals surface area contributed by atoms with Crippen LogP contribution in [0.2, 0.25) is 0 Å². The van der Waals surface area contributed by atoms with Gasteiger partial charge in [-0.15, -0.1) is 0 Å². The molecule has 0 heterocycles. The SMILES string of the molecule is CSCCCC(N)(C(=O)O)C(F)(F)F. The van der Waals surface area contributed by atoms with Crippen molar-refractivity contribution in [1.82, 2.24) is 0 Å². The molecular formula is C7H12F3NO2S. The summed E-state index contributed by atoms with van der Waals surface area (Å²) in [5.41, 5.74) is 1.72. The van der Waals surface area contributed by atoms with Crippen LogP contribution in [-0.2, 0) is 4.79 Å². The molecule has 14 heavy (non-hydrogen) atoms. The number of nitrogens with two attached hydrogens (primary N) is 1. The smallest absolute Gasteiger partial charge is 0.417 e. The van der Waals surface area contributed by atoms with Crippen LogP contribution in [0.3, 0.4) is 0 Å². The van der Waals surface area contributed by atoms with E-state index in [1.54, 1.807) is 6.26 Å². The van der Waals surface area contributed by atoms with E-state index in [0.717, 1.165) is 0 Å². The Morgan fingerprint density at radius 2 is 2.00 bits per heavy atom. The lowest BCUT2D eigenvalue weighted by Crippen LogP contribution is -2.59. The second-order valence-corrected chi connectivity index (χ2v) is 3.86. The van der Waals surface area contributed by atoms with Gasteiger partial charge in [-0.25, -0.2) is 4.79 Å². The topological polar surface area (TPSA) is 63.3 Å². The summed E-state index contributed by atoms with van der Waals surface area (Å²) in [7, 11) is 0. The van der Waals surface area contributed by atoms with Crippen LogP contribution in [0.15, 0.2) is 0 Å². The molecule has 0 saturated heterocycles. The van der Waals surface area contributed by atoms with Crippen molar-refractivity contribution in [2.75, 3.05) is 12.0 Å². The molecule has 0 aliphatic heterocycles. The largest absolute Gasteiger partial charge is 0.480 e. The molecule has 0 aromatic rings. The summed E-state index contributed by atoms with van der Waals surface area (Å²) in [6.07, 6.45) is -3.64. The predicted molar refractivity (Wildman–Crippen MR) is 48.2 cm³/mol. The molecule has 3 nitrogen and oxygen atoms in total.